The van der Waals surface area contributed by atoms with Gasteiger partial charge in [-0.3, -0.25) is 14.4 Å². The second kappa shape index (κ2) is 17.1. The summed E-state index contributed by atoms with van der Waals surface area (Å²) in [6.07, 6.45) is 1.46. The maximum absolute atomic E-state index is 13.7. The normalized spacial score (nSPS) is 11.7. The number of carbonyl (C=O) groups is 3. The van der Waals surface area contributed by atoms with Gasteiger partial charge in [-0.15, -0.1) is 11.8 Å². The number of anilines is 2. The molecule has 5 aromatic rings. The van der Waals surface area contributed by atoms with Crippen LogP contribution in [0.2, 0.25) is 15.1 Å². The van der Waals surface area contributed by atoms with Gasteiger partial charge in [0.2, 0.25) is 5.91 Å². The first kappa shape index (κ1) is 36.4. The van der Waals surface area contributed by atoms with Gasteiger partial charge in [-0.1, -0.05) is 95.5 Å². The monoisotopic (exact) mass is 745 g/mol. The van der Waals surface area contributed by atoms with Gasteiger partial charge in [0.1, 0.15) is 22.4 Å². The van der Waals surface area contributed by atoms with Gasteiger partial charge in [0, 0.05) is 22.2 Å². The molecule has 3 amide bonds. The molecule has 8 nitrogen and oxygen atoms in total. The highest BCUT2D eigenvalue weighted by molar-refractivity contribution is 8.00. The first-order valence-electron chi connectivity index (χ1n) is 15.0. The zero-order valence-corrected chi connectivity index (χ0v) is 29.8. The van der Waals surface area contributed by atoms with Gasteiger partial charge in [-0.25, -0.2) is 0 Å². The summed E-state index contributed by atoms with van der Waals surface area (Å²) in [5, 5.41) is 8.65. The van der Waals surface area contributed by atoms with Crippen LogP contribution in [0.5, 0.6) is 11.5 Å². The minimum absolute atomic E-state index is 0.0450. The Bertz CT molecular complexity index is 2030. The summed E-state index contributed by atoms with van der Waals surface area (Å²) in [6.45, 7) is 0. The van der Waals surface area contributed by atoms with Crippen LogP contribution < -0.4 is 25.4 Å². The van der Waals surface area contributed by atoms with Crippen LogP contribution in [0.3, 0.4) is 0 Å². The van der Waals surface area contributed by atoms with E-state index in [1.807, 2.05) is 30.3 Å². The summed E-state index contributed by atoms with van der Waals surface area (Å²) < 4.78 is 10.7. The average molecular weight is 747 g/mol. The minimum atomic E-state index is -0.660. The number of nitrogens with one attached hydrogen (secondary N) is 3. The molecule has 12 heteroatoms. The number of amides is 3. The van der Waals surface area contributed by atoms with Crippen molar-refractivity contribution < 1.29 is 23.9 Å². The van der Waals surface area contributed by atoms with Crippen LogP contribution in [0, 0.1) is 0 Å². The van der Waals surface area contributed by atoms with Crippen LogP contribution in [0.15, 0.2) is 126 Å². The van der Waals surface area contributed by atoms with Crippen LogP contribution in [0.4, 0.5) is 11.4 Å². The molecule has 0 spiro atoms. The second-order valence-electron chi connectivity index (χ2n) is 10.6. The van der Waals surface area contributed by atoms with Crippen molar-refractivity contribution >= 4 is 81.7 Å². The smallest absolute Gasteiger partial charge is 0.272 e. The summed E-state index contributed by atoms with van der Waals surface area (Å²) in [6, 6.07) is 33.0. The molecule has 0 aliphatic heterocycles. The number of methoxy groups -OCH3 is 2. The Morgan fingerprint density at radius 1 is 0.720 bits per heavy atom. The molecule has 0 aromatic heterocycles. The quantitative estimate of drug-likeness (QED) is 0.0868. The molecule has 254 valence electrons. The van der Waals surface area contributed by atoms with Crippen molar-refractivity contribution in [3.8, 4) is 11.5 Å². The predicted octanol–water partition coefficient (Wildman–Crippen LogP) is 9.55. The molecule has 0 bridgehead atoms. The van der Waals surface area contributed by atoms with Gasteiger partial charge >= 0.3 is 0 Å². The standard InChI is InChI=1S/C38H30Cl3N3O5S/c1-48-32-22-33(49-2)30(21-29(32)40)43-38(47)35(23-10-5-3-6-11-23)50-27-18-16-26(17-19-27)42-37(46)31(20-25-14-9-15-28(39)34(25)41)44-36(45)24-12-7-4-8-13-24/h3-22,35H,1-2H3,(H,42,46)(H,43,47)(H,44,45)/b31-20-. The topological polar surface area (TPSA) is 106 Å². The van der Waals surface area contributed by atoms with Gasteiger partial charge in [0.15, 0.2) is 0 Å². The van der Waals surface area contributed by atoms with Crippen LogP contribution >= 0.6 is 46.6 Å². The largest absolute Gasteiger partial charge is 0.495 e. The summed E-state index contributed by atoms with van der Waals surface area (Å²) in [5.74, 6) is -0.558. The van der Waals surface area contributed by atoms with Gasteiger partial charge in [-0.2, -0.15) is 0 Å². The average Bonchev–Trinajstić information content (AvgIpc) is 3.13. The van der Waals surface area contributed by atoms with E-state index in [0.717, 1.165) is 10.5 Å². The van der Waals surface area contributed by atoms with Crippen molar-refractivity contribution in [3.05, 3.63) is 153 Å². The van der Waals surface area contributed by atoms with Gasteiger partial charge in [-0.05, 0) is 65.7 Å². The van der Waals surface area contributed by atoms with Crippen LogP contribution in [-0.4, -0.2) is 31.9 Å². The number of hydrogen-bond acceptors (Lipinski definition) is 6. The fraction of sp³-hybridized carbons (Fsp3) is 0.0789. The van der Waals surface area contributed by atoms with Crippen molar-refractivity contribution in [2.24, 2.45) is 0 Å². The number of hydrogen-bond donors (Lipinski definition) is 3. The Hall–Kier alpha value is -4.93. The van der Waals surface area contributed by atoms with Crippen LogP contribution in [0.1, 0.15) is 26.7 Å². The molecule has 50 heavy (non-hydrogen) atoms. The van der Waals surface area contributed by atoms with Crippen molar-refractivity contribution in [3.63, 3.8) is 0 Å². The Morgan fingerprint density at radius 3 is 2.04 bits per heavy atom. The summed E-state index contributed by atoms with van der Waals surface area (Å²) in [4.78, 5) is 41.1. The molecule has 0 saturated carbocycles. The summed E-state index contributed by atoms with van der Waals surface area (Å²) >= 11 is 20.3. The molecule has 5 rings (SSSR count). The van der Waals surface area contributed by atoms with Crippen molar-refractivity contribution in [2.75, 3.05) is 24.9 Å². The molecule has 0 heterocycles. The predicted molar refractivity (Wildman–Crippen MR) is 202 cm³/mol. The molecule has 5 aromatic carbocycles. The van der Waals surface area contributed by atoms with Gasteiger partial charge in [0.25, 0.3) is 11.8 Å². The zero-order chi connectivity index (χ0) is 35.6. The highest BCUT2D eigenvalue weighted by Gasteiger charge is 2.24. The molecule has 1 unspecified atom stereocenters. The van der Waals surface area contributed by atoms with Crippen molar-refractivity contribution in [2.45, 2.75) is 10.1 Å². The number of carbonyl (C=O) groups excluding carboxylic acids is 3. The lowest BCUT2D eigenvalue weighted by Gasteiger charge is -2.19. The molecule has 1 atom stereocenters. The first-order valence-corrected chi connectivity index (χ1v) is 17.1. The number of thioether (sulfide) groups is 1. The Kier molecular flexibility index (Phi) is 12.5. The van der Waals surface area contributed by atoms with E-state index in [0.29, 0.717) is 44.0 Å². The van der Waals surface area contributed by atoms with Gasteiger partial charge in [0.05, 0.1) is 35.0 Å². The summed E-state index contributed by atoms with van der Waals surface area (Å²) in [7, 11) is 2.98. The highest BCUT2D eigenvalue weighted by atomic mass is 35.5. The third-order valence-electron chi connectivity index (χ3n) is 7.25. The van der Waals surface area contributed by atoms with Crippen LogP contribution in [0.25, 0.3) is 6.08 Å². The van der Waals surface area contributed by atoms with E-state index < -0.39 is 17.1 Å². The lowest BCUT2D eigenvalue weighted by molar-refractivity contribution is -0.116. The Labute approximate surface area is 308 Å². The Morgan fingerprint density at radius 2 is 1.38 bits per heavy atom. The van der Waals surface area contributed by atoms with Gasteiger partial charge < -0.3 is 25.4 Å². The molecule has 0 radical (unpaired) electrons. The maximum Gasteiger partial charge on any atom is 0.272 e. The van der Waals surface area contributed by atoms with Crippen molar-refractivity contribution in [1.82, 2.24) is 5.32 Å². The fourth-order valence-electron chi connectivity index (χ4n) is 4.74. The lowest BCUT2D eigenvalue weighted by Crippen LogP contribution is -2.30. The SMILES string of the molecule is COc1cc(OC)c(NC(=O)C(Sc2ccc(NC(=O)/C(=C/c3cccc(Cl)c3Cl)NC(=O)c3ccccc3)cc2)c2ccccc2)cc1Cl. The van der Waals surface area contributed by atoms with E-state index in [4.69, 9.17) is 44.3 Å². The molecular weight excluding hydrogens is 717 g/mol. The maximum atomic E-state index is 13.7. The molecule has 0 fully saturated rings. The summed E-state index contributed by atoms with van der Waals surface area (Å²) in [5.41, 5.74) is 2.39. The van der Waals surface area contributed by atoms with Crippen molar-refractivity contribution in [1.29, 1.82) is 0 Å². The molecular formula is C38H30Cl3N3O5S. The van der Waals surface area contributed by atoms with E-state index in [1.165, 1.54) is 32.1 Å². The highest BCUT2D eigenvalue weighted by Crippen LogP contribution is 2.40. The van der Waals surface area contributed by atoms with E-state index in [1.54, 1.807) is 84.9 Å². The van der Waals surface area contributed by atoms with E-state index in [-0.39, 0.29) is 16.6 Å². The third-order valence-corrected chi connectivity index (χ3v) is 9.64. The number of rotatable bonds is 12. The Balaban J connectivity index is 1.36. The minimum Gasteiger partial charge on any atom is -0.495 e. The molecule has 0 saturated heterocycles. The van der Waals surface area contributed by atoms with E-state index in [2.05, 4.69) is 16.0 Å². The van der Waals surface area contributed by atoms with E-state index >= 15 is 0 Å². The fourth-order valence-corrected chi connectivity index (χ4v) is 6.37. The zero-order valence-electron chi connectivity index (χ0n) is 26.7. The number of benzene rings is 5. The van der Waals surface area contributed by atoms with E-state index in [9.17, 15) is 14.4 Å². The lowest BCUT2D eigenvalue weighted by atomic mass is 10.1. The molecule has 0 aliphatic rings. The van der Waals surface area contributed by atoms with Crippen LogP contribution in [-0.2, 0) is 9.59 Å². The number of ether oxygens (including phenoxy) is 2. The first-order chi connectivity index (χ1) is 24.2. The molecule has 0 aliphatic carbocycles. The molecule has 3 N–H and O–H groups in total. The number of halogens is 3. The second-order valence-corrected chi connectivity index (χ2v) is 13.0. The third kappa shape index (κ3) is 9.19.